The van der Waals surface area contributed by atoms with Gasteiger partial charge in [0.2, 0.25) is 0 Å². The Kier molecular flexibility index (Phi) is 4.55. The van der Waals surface area contributed by atoms with Crippen molar-refractivity contribution < 1.29 is 9.18 Å². The molecule has 1 aromatic rings. The van der Waals surface area contributed by atoms with Crippen LogP contribution in [-0.4, -0.2) is 71.7 Å². The first-order chi connectivity index (χ1) is 13.0. The lowest BCUT2D eigenvalue weighted by molar-refractivity contribution is 0.167. The van der Waals surface area contributed by atoms with Gasteiger partial charge in [-0.2, -0.15) is 0 Å². The molecule has 1 saturated heterocycles. The van der Waals surface area contributed by atoms with E-state index in [2.05, 4.69) is 32.0 Å². The Morgan fingerprint density at radius 3 is 2.81 bits per heavy atom. The highest BCUT2D eigenvalue weighted by Crippen LogP contribution is 2.20. The van der Waals surface area contributed by atoms with Crippen molar-refractivity contribution in [3.8, 4) is 0 Å². The molecular formula is C19H23FN6O. The number of anilines is 1. The van der Waals surface area contributed by atoms with Crippen LogP contribution in [0.3, 0.4) is 0 Å². The van der Waals surface area contributed by atoms with E-state index in [1.807, 2.05) is 12.4 Å². The van der Waals surface area contributed by atoms with E-state index in [0.29, 0.717) is 37.4 Å². The largest absolute Gasteiger partial charge is 0.353 e. The second-order valence-electron chi connectivity index (χ2n) is 7.05. The molecule has 2 amide bonds. The summed E-state index contributed by atoms with van der Waals surface area (Å²) >= 11 is 0. The fourth-order valence-electron chi connectivity index (χ4n) is 3.48. The lowest BCUT2D eigenvalue weighted by atomic mass is 10.2. The zero-order chi connectivity index (χ0) is 19.0. The lowest BCUT2D eigenvalue weighted by Crippen LogP contribution is -2.50. The number of amidine groups is 1. The van der Waals surface area contributed by atoms with E-state index in [-0.39, 0.29) is 17.9 Å². The third-order valence-electron chi connectivity index (χ3n) is 5.10. The summed E-state index contributed by atoms with van der Waals surface area (Å²) in [5.74, 6) is 1.52. The standard InChI is InChI=1S/C19H23FN6O/c1-13-11-26-12-21-17(10-18(26)22-13)24-6-8-25(9-7-24)19(27)23-16-5-3-4-15(20)14(16)2/h3-5,10,12-13H,6-9,11H2,1-2H3,(H,23,27). The normalized spacial score (nSPS) is 21.7. The van der Waals surface area contributed by atoms with Crippen LogP contribution in [0.2, 0.25) is 0 Å². The predicted octanol–water partition coefficient (Wildman–Crippen LogP) is 2.27. The number of urea groups is 1. The maximum absolute atomic E-state index is 13.6. The van der Waals surface area contributed by atoms with Crippen molar-refractivity contribution in [1.82, 2.24) is 14.7 Å². The number of aliphatic imine (C=N–C) groups is 2. The molecular weight excluding hydrogens is 347 g/mol. The van der Waals surface area contributed by atoms with Crippen LogP contribution < -0.4 is 5.32 Å². The first-order valence-corrected chi connectivity index (χ1v) is 9.17. The number of nitrogens with zero attached hydrogens (tertiary/aromatic N) is 5. The summed E-state index contributed by atoms with van der Waals surface area (Å²) in [4.78, 5) is 27.6. The molecule has 0 radical (unpaired) electrons. The van der Waals surface area contributed by atoms with Crippen molar-refractivity contribution in [2.75, 3.05) is 38.0 Å². The second-order valence-corrected chi connectivity index (χ2v) is 7.05. The Bertz CT molecular complexity index is 841. The minimum atomic E-state index is -0.321. The molecule has 4 rings (SSSR count). The van der Waals surface area contributed by atoms with Crippen LogP contribution in [0.1, 0.15) is 12.5 Å². The molecule has 142 valence electrons. The van der Waals surface area contributed by atoms with E-state index in [0.717, 1.165) is 18.2 Å². The highest BCUT2D eigenvalue weighted by Gasteiger charge is 2.27. The molecule has 8 heteroatoms. The van der Waals surface area contributed by atoms with E-state index in [1.165, 1.54) is 6.07 Å². The van der Waals surface area contributed by atoms with Crippen LogP contribution in [0.15, 0.2) is 40.1 Å². The Labute approximate surface area is 157 Å². The number of benzene rings is 1. The smallest absolute Gasteiger partial charge is 0.321 e. The van der Waals surface area contributed by atoms with Crippen molar-refractivity contribution in [2.45, 2.75) is 19.9 Å². The van der Waals surface area contributed by atoms with Crippen LogP contribution in [-0.2, 0) is 0 Å². The van der Waals surface area contributed by atoms with Gasteiger partial charge in [0.15, 0.2) is 0 Å². The van der Waals surface area contributed by atoms with Gasteiger partial charge >= 0.3 is 6.03 Å². The number of hydrogen-bond acceptors (Lipinski definition) is 5. The molecule has 3 aliphatic heterocycles. The van der Waals surface area contributed by atoms with Gasteiger partial charge in [-0.1, -0.05) is 6.07 Å². The van der Waals surface area contributed by atoms with E-state index in [4.69, 9.17) is 0 Å². The first-order valence-electron chi connectivity index (χ1n) is 9.17. The number of amides is 2. The van der Waals surface area contributed by atoms with Gasteiger partial charge < -0.3 is 20.0 Å². The fourth-order valence-corrected chi connectivity index (χ4v) is 3.48. The molecule has 1 unspecified atom stereocenters. The van der Waals surface area contributed by atoms with Crippen LogP contribution >= 0.6 is 0 Å². The summed E-state index contributed by atoms with van der Waals surface area (Å²) in [6.07, 6.45) is 3.85. The Morgan fingerprint density at radius 2 is 2.04 bits per heavy atom. The SMILES string of the molecule is Cc1c(F)cccc1NC(=O)N1CCN(C2=CC3=NC(C)CN3C=N2)CC1. The Balaban J connectivity index is 1.36. The van der Waals surface area contributed by atoms with Crippen LogP contribution in [0.25, 0.3) is 0 Å². The summed E-state index contributed by atoms with van der Waals surface area (Å²) in [7, 11) is 0. The monoisotopic (exact) mass is 370 g/mol. The molecule has 3 aliphatic rings. The summed E-state index contributed by atoms with van der Waals surface area (Å²) in [6, 6.07) is 4.78. The number of carbonyl (C=O) groups is 1. The van der Waals surface area contributed by atoms with Crippen molar-refractivity contribution >= 4 is 23.9 Å². The lowest BCUT2D eigenvalue weighted by Gasteiger charge is -2.36. The van der Waals surface area contributed by atoms with Gasteiger partial charge in [0.05, 0.1) is 12.4 Å². The summed E-state index contributed by atoms with van der Waals surface area (Å²) in [5.41, 5.74) is 0.956. The van der Waals surface area contributed by atoms with Crippen LogP contribution in [0.4, 0.5) is 14.9 Å². The van der Waals surface area contributed by atoms with Gasteiger partial charge in [0.25, 0.3) is 0 Å². The van der Waals surface area contributed by atoms with Gasteiger partial charge in [0.1, 0.15) is 17.5 Å². The zero-order valence-corrected chi connectivity index (χ0v) is 15.5. The average molecular weight is 370 g/mol. The highest BCUT2D eigenvalue weighted by atomic mass is 19.1. The molecule has 3 heterocycles. The molecule has 0 saturated carbocycles. The first kappa shape index (κ1) is 17.5. The topological polar surface area (TPSA) is 63.5 Å². The van der Waals surface area contributed by atoms with Crippen LogP contribution in [0, 0.1) is 12.7 Å². The fraction of sp³-hybridized carbons (Fsp3) is 0.421. The molecule has 1 aromatic carbocycles. The number of fused-ring (bicyclic) bond motifs is 1. The number of hydrogen-bond donors (Lipinski definition) is 1. The Morgan fingerprint density at radius 1 is 1.26 bits per heavy atom. The van der Waals surface area contributed by atoms with E-state index >= 15 is 0 Å². The third-order valence-corrected chi connectivity index (χ3v) is 5.10. The molecule has 0 aliphatic carbocycles. The number of nitrogens with one attached hydrogen (secondary N) is 1. The van der Waals surface area contributed by atoms with E-state index in [1.54, 1.807) is 24.0 Å². The molecule has 0 aromatic heterocycles. The van der Waals surface area contributed by atoms with Crippen molar-refractivity contribution in [3.05, 3.63) is 41.5 Å². The van der Waals surface area contributed by atoms with Crippen molar-refractivity contribution in [1.29, 1.82) is 0 Å². The average Bonchev–Trinajstić information content (AvgIpc) is 3.04. The minimum Gasteiger partial charge on any atom is -0.353 e. The van der Waals surface area contributed by atoms with Crippen molar-refractivity contribution in [3.63, 3.8) is 0 Å². The number of rotatable bonds is 2. The summed E-state index contributed by atoms with van der Waals surface area (Å²) < 4.78 is 13.6. The molecule has 7 nitrogen and oxygen atoms in total. The van der Waals surface area contributed by atoms with E-state index < -0.39 is 0 Å². The number of piperazine rings is 1. The molecule has 1 fully saturated rings. The molecule has 0 bridgehead atoms. The van der Waals surface area contributed by atoms with Crippen LogP contribution in [0.5, 0.6) is 0 Å². The summed E-state index contributed by atoms with van der Waals surface area (Å²) in [6.45, 7) is 7.18. The number of carbonyl (C=O) groups excluding carboxylic acids is 1. The molecule has 1 atom stereocenters. The Hall–Kier alpha value is -2.90. The van der Waals surface area contributed by atoms with Gasteiger partial charge in [0, 0.05) is 50.1 Å². The maximum Gasteiger partial charge on any atom is 0.321 e. The minimum absolute atomic E-state index is 0.204. The van der Waals surface area contributed by atoms with Gasteiger partial charge in [-0.15, -0.1) is 0 Å². The van der Waals surface area contributed by atoms with Gasteiger partial charge in [-0.05, 0) is 26.0 Å². The van der Waals surface area contributed by atoms with Crippen molar-refractivity contribution in [2.24, 2.45) is 9.98 Å². The molecule has 1 N–H and O–H groups in total. The molecule has 27 heavy (non-hydrogen) atoms. The third kappa shape index (κ3) is 3.51. The summed E-state index contributed by atoms with van der Waals surface area (Å²) in [5, 5.41) is 2.81. The van der Waals surface area contributed by atoms with E-state index in [9.17, 15) is 9.18 Å². The second kappa shape index (κ2) is 7.02. The van der Waals surface area contributed by atoms with Gasteiger partial charge in [-0.3, -0.25) is 4.99 Å². The zero-order valence-electron chi connectivity index (χ0n) is 15.5. The quantitative estimate of drug-likeness (QED) is 0.869. The van der Waals surface area contributed by atoms with Gasteiger partial charge in [-0.25, -0.2) is 14.2 Å². The highest BCUT2D eigenvalue weighted by molar-refractivity contribution is 6.03. The number of halogens is 1. The predicted molar refractivity (Wildman–Crippen MR) is 103 cm³/mol. The maximum atomic E-state index is 13.6. The molecule has 0 spiro atoms.